The van der Waals surface area contributed by atoms with Crippen LogP contribution >= 0.6 is 0 Å². The summed E-state index contributed by atoms with van der Waals surface area (Å²) in [5.41, 5.74) is 0.270. The molecule has 22 heavy (non-hydrogen) atoms. The van der Waals surface area contributed by atoms with Crippen molar-refractivity contribution in [1.82, 2.24) is 4.31 Å². The molecule has 2 rings (SSSR count). The molecule has 0 aliphatic carbocycles. The first-order valence-electron chi connectivity index (χ1n) is 6.73. The van der Waals surface area contributed by atoms with Crippen LogP contribution in [0.1, 0.15) is 16.8 Å². The second-order valence-corrected chi connectivity index (χ2v) is 6.65. The maximum atomic E-state index is 12.4. The Kier molecular flexibility index (Phi) is 5.28. The predicted octanol–water partition coefficient (Wildman–Crippen LogP) is 0.453. The van der Waals surface area contributed by atoms with Crippen molar-refractivity contribution in [2.75, 3.05) is 33.4 Å². The number of hydrogen-bond donors (Lipinski definition) is 0. The van der Waals surface area contributed by atoms with Gasteiger partial charge < -0.3 is 9.47 Å². The fourth-order valence-electron chi connectivity index (χ4n) is 2.05. The molecule has 1 fully saturated rings. The fraction of sp³-hybridized carbons (Fsp3) is 0.429. The number of ketones is 1. The molecule has 0 radical (unpaired) electrons. The number of hydrogen-bond acceptors (Lipinski definition) is 6. The number of ether oxygens (including phenoxy) is 2. The van der Waals surface area contributed by atoms with Crippen molar-refractivity contribution in [2.24, 2.45) is 0 Å². The highest BCUT2D eigenvalue weighted by Crippen LogP contribution is 2.18. The normalized spacial score (nSPS) is 16.2. The standard InChI is InChI=1S/C14H17NO6S/c1-20-14(17)10-13(16)11-2-4-12(5-3-11)22(18,19)15-6-8-21-9-7-15/h2-5H,6-10H2,1H3. The molecule has 1 aliphatic rings. The van der Waals surface area contributed by atoms with Gasteiger partial charge in [0.2, 0.25) is 10.0 Å². The Morgan fingerprint density at radius 1 is 1.18 bits per heavy atom. The lowest BCUT2D eigenvalue weighted by atomic mass is 10.1. The first-order valence-corrected chi connectivity index (χ1v) is 8.17. The number of methoxy groups -OCH3 is 1. The molecule has 1 aromatic rings. The summed E-state index contributed by atoms with van der Waals surface area (Å²) in [6.07, 6.45) is -0.369. The van der Waals surface area contributed by atoms with Crippen molar-refractivity contribution in [3.63, 3.8) is 0 Å². The Hall–Kier alpha value is -1.77. The molecule has 0 N–H and O–H groups in total. The molecule has 1 saturated heterocycles. The van der Waals surface area contributed by atoms with Crippen LogP contribution in [0.3, 0.4) is 0 Å². The summed E-state index contributed by atoms with van der Waals surface area (Å²) < 4.78 is 35.7. The summed E-state index contributed by atoms with van der Waals surface area (Å²) in [7, 11) is -2.38. The molecule has 0 saturated carbocycles. The monoisotopic (exact) mass is 327 g/mol. The van der Waals surface area contributed by atoms with E-state index < -0.39 is 21.8 Å². The van der Waals surface area contributed by atoms with E-state index >= 15 is 0 Å². The van der Waals surface area contributed by atoms with Gasteiger partial charge in [0.1, 0.15) is 6.42 Å². The lowest BCUT2D eigenvalue weighted by Gasteiger charge is -2.26. The molecule has 0 bridgehead atoms. The first kappa shape index (κ1) is 16.6. The summed E-state index contributed by atoms with van der Waals surface area (Å²) in [5, 5.41) is 0. The van der Waals surface area contributed by atoms with E-state index in [9.17, 15) is 18.0 Å². The van der Waals surface area contributed by atoms with Crippen molar-refractivity contribution < 1.29 is 27.5 Å². The molecular formula is C14H17NO6S. The maximum Gasteiger partial charge on any atom is 0.313 e. The molecule has 0 atom stereocenters. The van der Waals surface area contributed by atoms with E-state index in [1.54, 1.807) is 0 Å². The fourth-order valence-corrected chi connectivity index (χ4v) is 3.46. The highest BCUT2D eigenvalue weighted by Gasteiger charge is 2.26. The Bertz CT molecular complexity index is 646. The maximum absolute atomic E-state index is 12.4. The zero-order valence-corrected chi connectivity index (χ0v) is 13.0. The molecule has 0 spiro atoms. The smallest absolute Gasteiger partial charge is 0.313 e. The van der Waals surface area contributed by atoms with E-state index in [-0.39, 0.29) is 16.9 Å². The minimum atomic E-state index is -3.58. The SMILES string of the molecule is COC(=O)CC(=O)c1ccc(S(=O)(=O)N2CCOCC2)cc1. The Morgan fingerprint density at radius 3 is 2.32 bits per heavy atom. The van der Waals surface area contributed by atoms with Crippen LogP contribution in [0.5, 0.6) is 0 Å². The first-order chi connectivity index (χ1) is 10.4. The zero-order chi connectivity index (χ0) is 16.2. The molecule has 1 heterocycles. The largest absolute Gasteiger partial charge is 0.469 e. The van der Waals surface area contributed by atoms with E-state index in [4.69, 9.17) is 4.74 Å². The molecule has 0 unspecified atom stereocenters. The molecule has 7 nitrogen and oxygen atoms in total. The van der Waals surface area contributed by atoms with Gasteiger partial charge in [-0.05, 0) is 12.1 Å². The van der Waals surface area contributed by atoms with Crippen molar-refractivity contribution in [3.05, 3.63) is 29.8 Å². The number of sulfonamides is 1. The zero-order valence-electron chi connectivity index (χ0n) is 12.1. The van der Waals surface area contributed by atoms with Crippen LogP contribution in [0.15, 0.2) is 29.2 Å². The summed E-state index contributed by atoms with van der Waals surface area (Å²) >= 11 is 0. The topological polar surface area (TPSA) is 90.0 Å². The van der Waals surface area contributed by atoms with E-state index in [2.05, 4.69) is 4.74 Å². The number of nitrogens with zero attached hydrogens (tertiary/aromatic N) is 1. The van der Waals surface area contributed by atoms with Crippen LogP contribution in [0.2, 0.25) is 0 Å². The highest BCUT2D eigenvalue weighted by atomic mass is 32.2. The van der Waals surface area contributed by atoms with Crippen molar-refractivity contribution in [2.45, 2.75) is 11.3 Å². The highest BCUT2D eigenvalue weighted by molar-refractivity contribution is 7.89. The third-order valence-electron chi connectivity index (χ3n) is 3.32. The number of benzene rings is 1. The lowest BCUT2D eigenvalue weighted by Crippen LogP contribution is -2.40. The van der Waals surface area contributed by atoms with Gasteiger partial charge in [-0.3, -0.25) is 9.59 Å². The third-order valence-corrected chi connectivity index (χ3v) is 5.23. The summed E-state index contributed by atoms with van der Waals surface area (Å²) in [5.74, 6) is -1.04. The van der Waals surface area contributed by atoms with E-state index in [1.165, 1.54) is 35.7 Å². The predicted molar refractivity (Wildman–Crippen MR) is 77.0 cm³/mol. The van der Waals surface area contributed by atoms with Crippen LogP contribution in [-0.4, -0.2) is 57.9 Å². The summed E-state index contributed by atoms with van der Waals surface area (Å²) in [6, 6.07) is 5.54. The lowest BCUT2D eigenvalue weighted by molar-refractivity contribution is -0.139. The summed E-state index contributed by atoms with van der Waals surface area (Å²) in [4.78, 5) is 23.0. The van der Waals surface area contributed by atoms with Crippen molar-refractivity contribution in [1.29, 1.82) is 0 Å². The van der Waals surface area contributed by atoms with Crippen molar-refractivity contribution in [3.8, 4) is 0 Å². The number of rotatable bonds is 5. The second-order valence-electron chi connectivity index (χ2n) is 4.72. The molecule has 120 valence electrons. The molecule has 0 amide bonds. The van der Waals surface area contributed by atoms with Gasteiger partial charge in [0.25, 0.3) is 0 Å². The average Bonchev–Trinajstić information content (AvgIpc) is 2.55. The van der Waals surface area contributed by atoms with E-state index in [0.717, 1.165) is 0 Å². The van der Waals surface area contributed by atoms with Crippen LogP contribution in [-0.2, 0) is 24.3 Å². The second kappa shape index (κ2) is 6.99. The quantitative estimate of drug-likeness (QED) is 0.443. The van der Waals surface area contributed by atoms with Crippen molar-refractivity contribution >= 4 is 21.8 Å². The van der Waals surface area contributed by atoms with Gasteiger partial charge in [0, 0.05) is 18.7 Å². The molecule has 0 aromatic heterocycles. The van der Waals surface area contributed by atoms with Gasteiger partial charge in [-0.25, -0.2) is 8.42 Å². The number of morpholine rings is 1. The van der Waals surface area contributed by atoms with Gasteiger partial charge in [-0.2, -0.15) is 4.31 Å². The van der Waals surface area contributed by atoms with Crippen LogP contribution in [0.4, 0.5) is 0 Å². The van der Waals surface area contributed by atoms with Gasteiger partial charge in [-0.1, -0.05) is 12.1 Å². The Balaban J connectivity index is 2.14. The average molecular weight is 327 g/mol. The van der Waals surface area contributed by atoms with Gasteiger partial charge in [0.05, 0.1) is 25.2 Å². The van der Waals surface area contributed by atoms with Crippen LogP contribution in [0, 0.1) is 0 Å². The number of esters is 1. The minimum Gasteiger partial charge on any atom is -0.469 e. The number of Topliss-reactive ketones (excluding diaryl/α,β-unsaturated/α-hetero) is 1. The third kappa shape index (κ3) is 3.70. The summed E-state index contributed by atoms with van der Waals surface area (Å²) in [6.45, 7) is 1.36. The van der Waals surface area contributed by atoms with Gasteiger partial charge in [0.15, 0.2) is 5.78 Å². The number of carbonyl (C=O) groups is 2. The Labute approximate surface area is 128 Å². The Morgan fingerprint density at radius 2 is 1.77 bits per heavy atom. The van der Waals surface area contributed by atoms with E-state index in [0.29, 0.717) is 26.3 Å². The molecule has 8 heteroatoms. The van der Waals surface area contributed by atoms with E-state index in [1.807, 2.05) is 0 Å². The minimum absolute atomic E-state index is 0.115. The molecular weight excluding hydrogens is 310 g/mol. The van der Waals surface area contributed by atoms with Crippen LogP contribution in [0.25, 0.3) is 0 Å². The molecule has 1 aliphatic heterocycles. The molecule has 1 aromatic carbocycles. The van der Waals surface area contributed by atoms with Gasteiger partial charge >= 0.3 is 5.97 Å². The van der Waals surface area contributed by atoms with Crippen LogP contribution < -0.4 is 0 Å². The number of carbonyl (C=O) groups excluding carboxylic acids is 2. The van der Waals surface area contributed by atoms with Gasteiger partial charge in [-0.15, -0.1) is 0 Å².